The summed E-state index contributed by atoms with van der Waals surface area (Å²) in [6, 6.07) is 1.49. The first-order chi connectivity index (χ1) is 15.3. The van der Waals surface area contributed by atoms with Gasteiger partial charge in [-0.15, -0.1) is 11.3 Å². The second-order valence-corrected chi connectivity index (χ2v) is 9.37. The number of hydrogen-bond acceptors (Lipinski definition) is 7. The number of carbonyl (C=O) groups is 3. The van der Waals surface area contributed by atoms with Crippen LogP contribution in [0.4, 0.5) is 5.00 Å². The summed E-state index contributed by atoms with van der Waals surface area (Å²) in [5.41, 5.74) is 1.90. The minimum Gasteiger partial charge on any atom is -0.459 e. The minimum absolute atomic E-state index is 0.212. The molecule has 0 unspecified atom stereocenters. The highest BCUT2D eigenvalue weighted by Crippen LogP contribution is 2.39. The van der Waals surface area contributed by atoms with E-state index in [1.807, 2.05) is 0 Å². The van der Waals surface area contributed by atoms with Gasteiger partial charge in [0.1, 0.15) is 10.7 Å². The average Bonchev–Trinajstić information content (AvgIpc) is 3.33. The molecule has 1 fully saturated rings. The summed E-state index contributed by atoms with van der Waals surface area (Å²) in [7, 11) is 1.62. The van der Waals surface area contributed by atoms with Crippen molar-refractivity contribution in [3.8, 4) is 0 Å². The third kappa shape index (κ3) is 4.56. The summed E-state index contributed by atoms with van der Waals surface area (Å²) in [5.74, 6) is -1.06. The van der Waals surface area contributed by atoms with E-state index in [0.29, 0.717) is 36.9 Å². The minimum atomic E-state index is -0.418. The summed E-state index contributed by atoms with van der Waals surface area (Å²) < 4.78 is 12.1. The molecular weight excluding hydrogens is 432 g/mol. The molecule has 0 bridgehead atoms. The molecule has 4 rings (SSSR count). The lowest BCUT2D eigenvalue weighted by molar-refractivity contribution is 0.0298. The molecule has 2 aromatic rings. The summed E-state index contributed by atoms with van der Waals surface area (Å²) >= 11 is 1.43. The van der Waals surface area contributed by atoms with Crippen molar-refractivity contribution in [3.63, 3.8) is 0 Å². The highest BCUT2D eigenvalue weighted by atomic mass is 32.1. The van der Waals surface area contributed by atoms with Gasteiger partial charge in [-0.25, -0.2) is 4.79 Å². The molecule has 2 aromatic heterocycles. The van der Waals surface area contributed by atoms with Crippen molar-refractivity contribution < 1.29 is 23.9 Å². The first-order valence-corrected chi connectivity index (χ1v) is 11.7. The molecule has 0 spiro atoms. The third-order valence-corrected chi connectivity index (χ3v) is 6.78. The fourth-order valence-corrected chi connectivity index (χ4v) is 5.30. The first kappa shape index (κ1) is 22.5. The Morgan fingerprint density at radius 3 is 2.62 bits per heavy atom. The topological polar surface area (TPSA) is 103 Å². The summed E-state index contributed by atoms with van der Waals surface area (Å²) in [4.78, 5) is 41.4. The van der Waals surface area contributed by atoms with E-state index in [1.165, 1.54) is 22.1 Å². The Balaban J connectivity index is 1.58. The van der Waals surface area contributed by atoms with Gasteiger partial charge in [0.25, 0.3) is 11.8 Å². The van der Waals surface area contributed by atoms with Crippen LogP contribution in [0.15, 0.2) is 6.07 Å². The number of ether oxygens (including phenoxy) is 2. The fraction of sp³-hybridized carbons (Fsp3) is 0.545. The van der Waals surface area contributed by atoms with Crippen LogP contribution in [0.25, 0.3) is 0 Å². The van der Waals surface area contributed by atoms with E-state index in [1.54, 1.807) is 25.8 Å². The molecular formula is C22H28N4O5S. The van der Waals surface area contributed by atoms with Crippen LogP contribution in [0.2, 0.25) is 0 Å². The van der Waals surface area contributed by atoms with Gasteiger partial charge in [0, 0.05) is 31.1 Å². The second-order valence-electron chi connectivity index (χ2n) is 8.27. The largest absolute Gasteiger partial charge is 0.459 e. The smallest absolute Gasteiger partial charge is 0.341 e. The number of esters is 1. The molecule has 0 saturated carbocycles. The number of carbonyl (C=O) groups excluding carboxylic acids is 3. The Kier molecular flexibility index (Phi) is 6.61. The predicted molar refractivity (Wildman–Crippen MR) is 119 cm³/mol. The van der Waals surface area contributed by atoms with E-state index in [9.17, 15) is 14.4 Å². The van der Waals surface area contributed by atoms with Gasteiger partial charge >= 0.3 is 5.97 Å². The zero-order chi connectivity index (χ0) is 22.8. The maximum absolute atomic E-state index is 13.1. The second kappa shape index (κ2) is 9.41. The van der Waals surface area contributed by atoms with Crippen LogP contribution in [0.3, 0.4) is 0 Å². The number of fused-ring (bicyclic) bond motifs is 1. The van der Waals surface area contributed by atoms with Gasteiger partial charge in [-0.1, -0.05) is 0 Å². The summed E-state index contributed by atoms with van der Waals surface area (Å²) in [5, 5.41) is 7.63. The van der Waals surface area contributed by atoms with Crippen LogP contribution >= 0.6 is 11.3 Å². The van der Waals surface area contributed by atoms with Crippen molar-refractivity contribution in [1.29, 1.82) is 0 Å². The summed E-state index contributed by atoms with van der Waals surface area (Å²) in [6.45, 7) is 5.58. The normalized spacial score (nSPS) is 16.1. The van der Waals surface area contributed by atoms with Crippen LogP contribution in [0.1, 0.15) is 68.5 Å². The van der Waals surface area contributed by atoms with Crippen LogP contribution in [0, 0.1) is 0 Å². The molecule has 3 heterocycles. The molecule has 32 heavy (non-hydrogen) atoms. The van der Waals surface area contributed by atoms with E-state index in [0.717, 1.165) is 36.1 Å². The standard InChI is InChI=1S/C22H28N4O5S/c1-13(2)31-22(29)18-14-6-4-5-7-17(14)32-20(18)23-19(27)16-12-15(24-25(16)3)21(28)26-8-10-30-11-9-26/h12-13H,4-11H2,1-3H3,(H,23,27). The number of anilines is 1. The molecule has 1 aliphatic heterocycles. The number of nitrogens with zero attached hydrogens (tertiary/aromatic N) is 3. The zero-order valence-electron chi connectivity index (χ0n) is 18.6. The molecule has 9 nitrogen and oxygen atoms in total. The van der Waals surface area contributed by atoms with Crippen LogP contribution in [-0.4, -0.2) is 64.9 Å². The lowest BCUT2D eigenvalue weighted by atomic mass is 9.95. The summed E-state index contributed by atoms with van der Waals surface area (Å²) in [6.07, 6.45) is 3.51. The molecule has 10 heteroatoms. The van der Waals surface area contributed by atoms with E-state index in [-0.39, 0.29) is 23.4 Å². The van der Waals surface area contributed by atoms with Crippen molar-refractivity contribution in [2.45, 2.75) is 45.6 Å². The van der Waals surface area contributed by atoms with E-state index >= 15 is 0 Å². The van der Waals surface area contributed by atoms with E-state index < -0.39 is 11.9 Å². The monoisotopic (exact) mass is 460 g/mol. The first-order valence-electron chi connectivity index (χ1n) is 10.9. The highest BCUT2D eigenvalue weighted by molar-refractivity contribution is 7.17. The van der Waals surface area contributed by atoms with Gasteiger partial charge < -0.3 is 19.7 Å². The van der Waals surface area contributed by atoms with Gasteiger partial charge in [0.2, 0.25) is 0 Å². The van der Waals surface area contributed by atoms with E-state index in [2.05, 4.69) is 10.4 Å². The number of morpholine rings is 1. The Bertz CT molecular complexity index is 1040. The quantitative estimate of drug-likeness (QED) is 0.688. The number of amides is 2. The Hall–Kier alpha value is -2.72. The number of aromatic nitrogens is 2. The Morgan fingerprint density at radius 2 is 1.91 bits per heavy atom. The molecule has 1 saturated heterocycles. The van der Waals surface area contributed by atoms with E-state index in [4.69, 9.17) is 9.47 Å². The molecule has 0 radical (unpaired) electrons. The number of nitrogens with one attached hydrogen (secondary N) is 1. The lowest BCUT2D eigenvalue weighted by Crippen LogP contribution is -2.40. The number of aryl methyl sites for hydroxylation is 2. The average molecular weight is 461 g/mol. The van der Waals surface area contributed by atoms with Crippen LogP contribution in [0.5, 0.6) is 0 Å². The van der Waals surface area contributed by atoms with Crippen LogP contribution < -0.4 is 5.32 Å². The molecule has 0 aromatic carbocycles. The highest BCUT2D eigenvalue weighted by Gasteiger charge is 2.29. The van der Waals surface area contributed by atoms with Crippen molar-refractivity contribution in [3.05, 3.63) is 33.5 Å². The third-order valence-electron chi connectivity index (χ3n) is 5.58. The Morgan fingerprint density at radius 1 is 1.19 bits per heavy atom. The van der Waals surface area contributed by atoms with Gasteiger partial charge in [-0.3, -0.25) is 14.3 Å². The fourth-order valence-electron chi connectivity index (χ4n) is 4.02. The molecule has 1 aliphatic carbocycles. The van der Waals surface area contributed by atoms with Crippen molar-refractivity contribution in [2.75, 3.05) is 31.6 Å². The number of thiophene rings is 1. The van der Waals surface area contributed by atoms with Crippen LogP contribution in [-0.2, 0) is 29.4 Å². The molecule has 1 N–H and O–H groups in total. The lowest BCUT2D eigenvalue weighted by Gasteiger charge is -2.25. The zero-order valence-corrected chi connectivity index (χ0v) is 19.4. The van der Waals surface area contributed by atoms with Gasteiger partial charge in [-0.2, -0.15) is 5.10 Å². The van der Waals surface area contributed by atoms with Gasteiger partial charge in [-0.05, 0) is 45.1 Å². The predicted octanol–water partition coefficient (Wildman–Crippen LogP) is 2.65. The van der Waals surface area contributed by atoms with Crippen molar-refractivity contribution in [2.24, 2.45) is 7.05 Å². The number of hydrogen-bond donors (Lipinski definition) is 1. The Labute approximate surface area is 190 Å². The molecule has 2 aliphatic rings. The van der Waals surface area contributed by atoms with Crippen molar-refractivity contribution in [1.82, 2.24) is 14.7 Å². The van der Waals surface area contributed by atoms with Gasteiger partial charge in [0.15, 0.2) is 5.69 Å². The maximum Gasteiger partial charge on any atom is 0.341 e. The SMILES string of the molecule is CC(C)OC(=O)c1c(NC(=O)c2cc(C(=O)N3CCOCC3)nn2C)sc2c1CCCC2. The maximum atomic E-state index is 13.1. The molecule has 0 atom stereocenters. The van der Waals surface area contributed by atoms with Crippen molar-refractivity contribution >= 4 is 34.1 Å². The molecule has 172 valence electrons. The number of rotatable bonds is 5. The molecule has 2 amide bonds. The van der Waals surface area contributed by atoms with Gasteiger partial charge in [0.05, 0.1) is 24.9 Å².